The topological polar surface area (TPSA) is 35.5 Å². The predicted molar refractivity (Wildman–Crippen MR) is 95.3 cm³/mol. The fraction of sp³-hybridized carbons (Fsp3) is 0.333. The average Bonchev–Trinajstić information content (AvgIpc) is 2.55. The normalized spacial score (nSPS) is 15.7. The standard InChI is InChI=1S/C18H20BrFN2O/c19-14-6-5-13(16(20)11-14)12-21-17-3-1-2-4-18(17)22-9-7-15(23)8-10-22/h1-6,11,15,21,23H,7-10,12H2. The summed E-state index contributed by atoms with van der Waals surface area (Å²) in [6.45, 7) is 2.12. The molecule has 0 spiro atoms. The molecule has 2 aromatic rings. The van der Waals surface area contributed by atoms with Crippen molar-refractivity contribution in [1.29, 1.82) is 0 Å². The number of benzene rings is 2. The molecule has 122 valence electrons. The molecule has 0 bridgehead atoms. The molecule has 1 saturated heterocycles. The Morgan fingerprint density at radius 1 is 1.17 bits per heavy atom. The summed E-state index contributed by atoms with van der Waals surface area (Å²) in [5, 5.41) is 13.0. The number of piperidine rings is 1. The van der Waals surface area contributed by atoms with Gasteiger partial charge in [-0.2, -0.15) is 0 Å². The van der Waals surface area contributed by atoms with Crippen LogP contribution in [0.25, 0.3) is 0 Å². The summed E-state index contributed by atoms with van der Waals surface area (Å²) in [5.74, 6) is -0.217. The summed E-state index contributed by atoms with van der Waals surface area (Å²) in [4.78, 5) is 2.27. The summed E-state index contributed by atoms with van der Waals surface area (Å²) in [5.41, 5.74) is 2.74. The van der Waals surface area contributed by atoms with Gasteiger partial charge in [0.05, 0.1) is 17.5 Å². The van der Waals surface area contributed by atoms with E-state index < -0.39 is 0 Å². The fourth-order valence-corrected chi connectivity index (χ4v) is 3.19. The molecular weight excluding hydrogens is 359 g/mol. The van der Waals surface area contributed by atoms with E-state index >= 15 is 0 Å². The van der Waals surface area contributed by atoms with Crippen LogP contribution in [-0.4, -0.2) is 24.3 Å². The lowest BCUT2D eigenvalue weighted by Gasteiger charge is -2.33. The van der Waals surface area contributed by atoms with Crippen LogP contribution < -0.4 is 10.2 Å². The first-order valence-corrected chi connectivity index (χ1v) is 8.62. The van der Waals surface area contributed by atoms with Crippen LogP contribution in [0, 0.1) is 5.82 Å². The van der Waals surface area contributed by atoms with Gasteiger partial charge >= 0.3 is 0 Å². The summed E-state index contributed by atoms with van der Waals surface area (Å²) in [6, 6.07) is 13.2. The first-order valence-electron chi connectivity index (χ1n) is 7.83. The molecular formula is C18H20BrFN2O. The SMILES string of the molecule is OC1CCN(c2ccccc2NCc2ccc(Br)cc2F)CC1. The second-order valence-electron chi connectivity index (χ2n) is 5.82. The van der Waals surface area contributed by atoms with Gasteiger partial charge in [0.1, 0.15) is 5.82 Å². The van der Waals surface area contributed by atoms with E-state index in [-0.39, 0.29) is 11.9 Å². The molecule has 2 N–H and O–H groups in total. The number of rotatable bonds is 4. The van der Waals surface area contributed by atoms with Gasteiger partial charge in [-0.05, 0) is 37.1 Å². The zero-order valence-electron chi connectivity index (χ0n) is 12.8. The molecule has 0 saturated carbocycles. The van der Waals surface area contributed by atoms with Crippen molar-refractivity contribution in [3.8, 4) is 0 Å². The van der Waals surface area contributed by atoms with Crippen molar-refractivity contribution < 1.29 is 9.50 Å². The molecule has 3 rings (SSSR count). The monoisotopic (exact) mass is 378 g/mol. The van der Waals surface area contributed by atoms with E-state index in [2.05, 4.69) is 32.2 Å². The molecule has 0 unspecified atom stereocenters. The maximum atomic E-state index is 13.9. The molecule has 0 radical (unpaired) electrons. The third-order valence-corrected chi connectivity index (χ3v) is 4.69. The van der Waals surface area contributed by atoms with Gasteiger partial charge in [-0.25, -0.2) is 4.39 Å². The van der Waals surface area contributed by atoms with E-state index in [4.69, 9.17) is 0 Å². The lowest BCUT2D eigenvalue weighted by Crippen LogP contribution is -2.36. The van der Waals surface area contributed by atoms with Crippen LogP contribution in [0.2, 0.25) is 0 Å². The summed E-state index contributed by atoms with van der Waals surface area (Å²) < 4.78 is 14.7. The minimum Gasteiger partial charge on any atom is -0.393 e. The molecule has 0 atom stereocenters. The Balaban J connectivity index is 1.73. The Bertz CT molecular complexity index is 672. The quantitative estimate of drug-likeness (QED) is 0.838. The van der Waals surface area contributed by atoms with Gasteiger partial charge in [-0.15, -0.1) is 0 Å². The Kier molecular flexibility index (Phi) is 5.18. The molecule has 2 aromatic carbocycles. The van der Waals surface area contributed by atoms with E-state index in [1.807, 2.05) is 24.3 Å². The van der Waals surface area contributed by atoms with Crippen LogP contribution in [0.1, 0.15) is 18.4 Å². The van der Waals surface area contributed by atoms with E-state index in [0.717, 1.165) is 41.8 Å². The number of hydrogen-bond acceptors (Lipinski definition) is 3. The number of hydrogen-bond donors (Lipinski definition) is 2. The number of anilines is 2. The van der Waals surface area contributed by atoms with E-state index in [1.54, 1.807) is 6.07 Å². The molecule has 1 aliphatic rings. The zero-order valence-corrected chi connectivity index (χ0v) is 14.4. The molecule has 1 fully saturated rings. The van der Waals surface area contributed by atoms with E-state index in [9.17, 15) is 9.50 Å². The van der Waals surface area contributed by atoms with Crippen LogP contribution in [0.5, 0.6) is 0 Å². The smallest absolute Gasteiger partial charge is 0.129 e. The van der Waals surface area contributed by atoms with Gasteiger partial charge < -0.3 is 15.3 Å². The van der Waals surface area contributed by atoms with E-state index in [1.165, 1.54) is 6.07 Å². The second-order valence-corrected chi connectivity index (χ2v) is 6.74. The minimum absolute atomic E-state index is 0.191. The van der Waals surface area contributed by atoms with Crippen molar-refractivity contribution in [1.82, 2.24) is 0 Å². The molecule has 23 heavy (non-hydrogen) atoms. The van der Waals surface area contributed by atoms with Gasteiger partial charge in [0.25, 0.3) is 0 Å². The predicted octanol–water partition coefficient (Wildman–Crippen LogP) is 4.16. The van der Waals surface area contributed by atoms with Crippen molar-refractivity contribution in [2.24, 2.45) is 0 Å². The van der Waals surface area contributed by atoms with Gasteiger partial charge in [-0.3, -0.25) is 0 Å². The van der Waals surface area contributed by atoms with Crippen LogP contribution in [-0.2, 0) is 6.54 Å². The number of aliphatic hydroxyl groups is 1. The van der Waals surface area contributed by atoms with Crippen LogP contribution >= 0.6 is 15.9 Å². The molecule has 0 aromatic heterocycles. The first-order chi connectivity index (χ1) is 11.1. The average molecular weight is 379 g/mol. The molecule has 3 nitrogen and oxygen atoms in total. The number of para-hydroxylation sites is 2. The Morgan fingerprint density at radius 3 is 2.65 bits per heavy atom. The van der Waals surface area contributed by atoms with Crippen molar-refractivity contribution in [3.05, 3.63) is 58.3 Å². The highest BCUT2D eigenvalue weighted by molar-refractivity contribution is 9.10. The Morgan fingerprint density at radius 2 is 1.91 bits per heavy atom. The van der Waals surface area contributed by atoms with Crippen LogP contribution in [0.15, 0.2) is 46.9 Å². The lowest BCUT2D eigenvalue weighted by molar-refractivity contribution is 0.145. The van der Waals surface area contributed by atoms with E-state index in [0.29, 0.717) is 12.1 Å². The third-order valence-electron chi connectivity index (χ3n) is 4.19. The lowest BCUT2D eigenvalue weighted by atomic mass is 10.1. The van der Waals surface area contributed by atoms with Crippen molar-refractivity contribution >= 4 is 27.3 Å². The van der Waals surface area contributed by atoms with Gasteiger partial charge in [0, 0.05) is 29.7 Å². The second kappa shape index (κ2) is 7.32. The summed E-state index contributed by atoms with van der Waals surface area (Å²) in [7, 11) is 0. The highest BCUT2D eigenvalue weighted by Crippen LogP contribution is 2.29. The first kappa shape index (κ1) is 16.3. The molecule has 5 heteroatoms. The molecule has 0 aliphatic carbocycles. The van der Waals surface area contributed by atoms with Gasteiger partial charge in [0.15, 0.2) is 0 Å². The number of aliphatic hydroxyl groups excluding tert-OH is 1. The maximum Gasteiger partial charge on any atom is 0.129 e. The Labute approximate surface area is 144 Å². The summed E-state index contributed by atoms with van der Waals surface area (Å²) >= 11 is 3.27. The third kappa shape index (κ3) is 4.03. The number of nitrogens with zero attached hydrogens (tertiary/aromatic N) is 1. The van der Waals surface area contributed by atoms with Gasteiger partial charge in [-0.1, -0.05) is 34.1 Å². The minimum atomic E-state index is -0.217. The molecule has 0 amide bonds. The van der Waals surface area contributed by atoms with Crippen LogP contribution in [0.3, 0.4) is 0 Å². The van der Waals surface area contributed by atoms with Crippen molar-refractivity contribution in [2.45, 2.75) is 25.5 Å². The highest BCUT2D eigenvalue weighted by atomic mass is 79.9. The van der Waals surface area contributed by atoms with Crippen LogP contribution in [0.4, 0.5) is 15.8 Å². The number of halogens is 2. The van der Waals surface area contributed by atoms with Crippen molar-refractivity contribution in [3.63, 3.8) is 0 Å². The van der Waals surface area contributed by atoms with Gasteiger partial charge in [0.2, 0.25) is 0 Å². The Hall–Kier alpha value is -1.59. The largest absolute Gasteiger partial charge is 0.393 e. The molecule has 1 aliphatic heterocycles. The van der Waals surface area contributed by atoms with Crippen molar-refractivity contribution in [2.75, 3.05) is 23.3 Å². The number of nitrogens with one attached hydrogen (secondary N) is 1. The highest BCUT2D eigenvalue weighted by Gasteiger charge is 2.19. The maximum absolute atomic E-state index is 13.9. The zero-order chi connectivity index (χ0) is 16.2. The fourth-order valence-electron chi connectivity index (χ4n) is 2.86. The summed E-state index contributed by atoms with van der Waals surface area (Å²) in [6.07, 6.45) is 1.38. The molecule has 1 heterocycles.